The van der Waals surface area contributed by atoms with Crippen molar-refractivity contribution in [1.82, 2.24) is 0 Å². The van der Waals surface area contributed by atoms with Gasteiger partial charge in [-0.25, -0.2) is 0 Å². The van der Waals surface area contributed by atoms with Crippen molar-refractivity contribution in [1.29, 1.82) is 0 Å². The lowest BCUT2D eigenvalue weighted by atomic mass is 10.5. The lowest BCUT2D eigenvalue weighted by Crippen LogP contribution is -2.23. The monoisotopic (exact) mass is 205 g/mol. The minimum Gasteiger partial charge on any atom is -0.372 e. The number of hydrogen-bond donors (Lipinski definition) is 1. The largest absolute Gasteiger partial charge is 0.372 e. The molecule has 0 aromatic carbocycles. The highest BCUT2D eigenvalue weighted by molar-refractivity contribution is 6.27. The zero-order chi connectivity index (χ0) is 9.94. The summed E-state index contributed by atoms with van der Waals surface area (Å²) in [6.07, 6.45) is 0.989. The first-order valence-electron chi connectivity index (χ1n) is 4.66. The number of ether oxygens (including phenoxy) is 2. The highest BCUT2D eigenvalue weighted by Gasteiger charge is 2.07. The van der Waals surface area contributed by atoms with Crippen LogP contribution < -0.4 is 5.73 Å². The summed E-state index contributed by atoms with van der Waals surface area (Å²) in [5, 5.41) is 0. The molecule has 0 aromatic rings. The minimum atomic E-state index is -0.494. The van der Waals surface area contributed by atoms with Crippen LogP contribution in [-0.2, 0) is 13.9 Å². The first-order chi connectivity index (χ1) is 6.35. The van der Waals surface area contributed by atoms with Crippen molar-refractivity contribution in [3.05, 3.63) is 0 Å². The quantitative estimate of drug-likeness (QED) is 0.343. The maximum atomic E-state index is 5.35. The van der Waals surface area contributed by atoms with Crippen LogP contribution in [0.15, 0.2) is 0 Å². The molecule has 0 aliphatic rings. The second kappa shape index (κ2) is 10.1. The van der Waals surface area contributed by atoms with Gasteiger partial charge in [-0.3, -0.25) is 0 Å². The predicted molar refractivity (Wildman–Crippen MR) is 52.4 cm³/mol. The molecule has 78 valence electrons. The summed E-state index contributed by atoms with van der Waals surface area (Å²) >= 11 is 0. The molecule has 0 unspecified atom stereocenters. The second-order valence-electron chi connectivity index (χ2n) is 2.35. The van der Waals surface area contributed by atoms with Crippen LogP contribution >= 0.6 is 0 Å². The van der Waals surface area contributed by atoms with Gasteiger partial charge in [0.1, 0.15) is 0 Å². The lowest BCUT2D eigenvalue weighted by Gasteiger charge is -2.16. The highest BCUT2D eigenvalue weighted by atomic mass is 28.2. The Morgan fingerprint density at radius 1 is 1.23 bits per heavy atom. The fraction of sp³-hybridized carbons (Fsp3) is 1.00. The zero-order valence-electron chi connectivity index (χ0n) is 8.41. The van der Waals surface area contributed by atoms with Gasteiger partial charge >= 0.3 is 0 Å². The molecule has 2 N–H and O–H groups in total. The SMILES string of the molecule is CCOC(OCC)O[Si]CCCN. The minimum absolute atomic E-state index is 0.409. The van der Waals surface area contributed by atoms with Crippen molar-refractivity contribution in [2.24, 2.45) is 5.73 Å². The van der Waals surface area contributed by atoms with Crippen LogP contribution in [-0.4, -0.2) is 36.0 Å². The van der Waals surface area contributed by atoms with Gasteiger partial charge in [0.05, 0.1) is 0 Å². The van der Waals surface area contributed by atoms with E-state index in [0.29, 0.717) is 29.5 Å². The zero-order valence-corrected chi connectivity index (χ0v) is 9.41. The molecule has 0 aliphatic carbocycles. The van der Waals surface area contributed by atoms with E-state index in [4.69, 9.17) is 19.6 Å². The van der Waals surface area contributed by atoms with Gasteiger partial charge in [0, 0.05) is 13.2 Å². The Hall–Kier alpha value is 0.0569. The number of nitrogens with two attached hydrogens (primary N) is 1. The van der Waals surface area contributed by atoms with Crippen LogP contribution in [0.3, 0.4) is 0 Å². The molecule has 0 amide bonds. The smallest absolute Gasteiger partial charge is 0.261 e. The third-order valence-electron chi connectivity index (χ3n) is 1.27. The summed E-state index contributed by atoms with van der Waals surface area (Å²) in [5.41, 5.74) is 5.35. The van der Waals surface area contributed by atoms with Crippen molar-refractivity contribution in [2.75, 3.05) is 19.8 Å². The molecule has 0 rings (SSSR count). The second-order valence-corrected chi connectivity index (χ2v) is 3.38. The topological polar surface area (TPSA) is 53.7 Å². The average Bonchev–Trinajstić information content (AvgIpc) is 2.13. The molecule has 0 bridgehead atoms. The first-order valence-corrected chi connectivity index (χ1v) is 5.78. The van der Waals surface area contributed by atoms with Gasteiger partial charge < -0.3 is 19.6 Å². The molecule has 0 atom stereocenters. The Kier molecular flexibility index (Phi) is 10.2. The third kappa shape index (κ3) is 8.39. The van der Waals surface area contributed by atoms with Gasteiger partial charge in [-0.1, -0.05) is 0 Å². The van der Waals surface area contributed by atoms with Crippen molar-refractivity contribution >= 4 is 9.76 Å². The molecular weight excluding hydrogens is 186 g/mol. The van der Waals surface area contributed by atoms with Crippen LogP contribution in [0.5, 0.6) is 0 Å². The van der Waals surface area contributed by atoms with E-state index >= 15 is 0 Å². The Morgan fingerprint density at radius 2 is 1.85 bits per heavy atom. The number of hydrogen-bond acceptors (Lipinski definition) is 4. The molecular formula is C8H19NO3Si. The molecule has 0 aliphatic heterocycles. The van der Waals surface area contributed by atoms with Crippen LogP contribution in [0.25, 0.3) is 0 Å². The molecule has 2 radical (unpaired) electrons. The molecule has 13 heavy (non-hydrogen) atoms. The maximum absolute atomic E-state index is 5.35. The summed E-state index contributed by atoms with van der Waals surface area (Å²) in [7, 11) is 0.409. The fourth-order valence-electron chi connectivity index (χ4n) is 0.690. The standard InChI is InChI=1S/C8H19NO3Si/c1-3-10-8(11-4-2)12-13-7-5-6-9/h8H,3-7,9H2,1-2H3. The van der Waals surface area contributed by atoms with Gasteiger partial charge in [-0.2, -0.15) is 0 Å². The van der Waals surface area contributed by atoms with Crippen LogP contribution in [0.1, 0.15) is 20.3 Å². The van der Waals surface area contributed by atoms with Crippen LogP contribution in [0.2, 0.25) is 6.04 Å². The third-order valence-corrected chi connectivity index (χ3v) is 2.18. The molecule has 0 heterocycles. The molecule has 5 heteroatoms. The summed E-state index contributed by atoms with van der Waals surface area (Å²) in [4.78, 5) is 0. The first kappa shape index (κ1) is 13.1. The van der Waals surface area contributed by atoms with E-state index < -0.39 is 6.48 Å². The van der Waals surface area contributed by atoms with Crippen LogP contribution in [0.4, 0.5) is 0 Å². The molecule has 0 saturated carbocycles. The Bertz CT molecular complexity index is 99.4. The normalized spacial score (nSPS) is 11.1. The fourth-order valence-corrected chi connectivity index (χ4v) is 1.43. The Balaban J connectivity index is 3.33. The molecule has 4 nitrogen and oxygen atoms in total. The van der Waals surface area contributed by atoms with Crippen molar-refractivity contribution in [3.8, 4) is 0 Å². The lowest BCUT2D eigenvalue weighted by molar-refractivity contribution is -0.243. The summed E-state index contributed by atoms with van der Waals surface area (Å²) in [5.74, 6) is 0. The van der Waals surface area contributed by atoms with E-state index in [0.717, 1.165) is 12.5 Å². The van der Waals surface area contributed by atoms with Gasteiger partial charge in [0.25, 0.3) is 6.48 Å². The van der Waals surface area contributed by atoms with Gasteiger partial charge in [-0.05, 0) is 32.9 Å². The molecule has 0 aromatic heterocycles. The highest BCUT2D eigenvalue weighted by Crippen LogP contribution is 1.98. The Labute approximate surface area is 82.7 Å². The van der Waals surface area contributed by atoms with Gasteiger partial charge in [0.15, 0.2) is 0 Å². The predicted octanol–water partition coefficient (Wildman–Crippen LogP) is 0.746. The van der Waals surface area contributed by atoms with Crippen molar-refractivity contribution < 1.29 is 13.9 Å². The van der Waals surface area contributed by atoms with E-state index in [1.165, 1.54) is 0 Å². The van der Waals surface area contributed by atoms with Crippen LogP contribution in [0, 0.1) is 0 Å². The van der Waals surface area contributed by atoms with Gasteiger partial charge in [0.2, 0.25) is 9.76 Å². The van der Waals surface area contributed by atoms with E-state index in [1.54, 1.807) is 0 Å². The van der Waals surface area contributed by atoms with Crippen molar-refractivity contribution in [3.63, 3.8) is 0 Å². The van der Waals surface area contributed by atoms with E-state index in [9.17, 15) is 0 Å². The van der Waals surface area contributed by atoms with Gasteiger partial charge in [-0.15, -0.1) is 0 Å². The van der Waals surface area contributed by atoms with E-state index in [-0.39, 0.29) is 0 Å². The van der Waals surface area contributed by atoms with E-state index in [1.807, 2.05) is 13.8 Å². The summed E-state index contributed by atoms with van der Waals surface area (Å²) in [6.45, 7) is 5.25. The maximum Gasteiger partial charge on any atom is 0.261 e. The van der Waals surface area contributed by atoms with Crippen molar-refractivity contribution in [2.45, 2.75) is 32.8 Å². The molecule has 0 saturated heterocycles. The summed E-state index contributed by atoms with van der Waals surface area (Å²) in [6, 6.07) is 0.979. The molecule has 0 fully saturated rings. The Morgan fingerprint density at radius 3 is 2.31 bits per heavy atom. The average molecular weight is 205 g/mol. The van der Waals surface area contributed by atoms with E-state index in [2.05, 4.69) is 0 Å². The summed E-state index contributed by atoms with van der Waals surface area (Å²) < 4.78 is 15.7. The number of rotatable bonds is 9. The molecule has 0 spiro atoms.